The summed E-state index contributed by atoms with van der Waals surface area (Å²) in [6.45, 7) is 6.39. The van der Waals surface area contributed by atoms with Crippen LogP contribution >= 0.6 is 0 Å². The van der Waals surface area contributed by atoms with Crippen LogP contribution in [0, 0.1) is 6.92 Å². The first kappa shape index (κ1) is 19.1. The number of anilines is 2. The van der Waals surface area contributed by atoms with Crippen molar-refractivity contribution in [2.75, 3.05) is 5.32 Å². The van der Waals surface area contributed by atoms with Gasteiger partial charge < -0.3 is 5.32 Å². The van der Waals surface area contributed by atoms with Crippen molar-refractivity contribution >= 4 is 22.5 Å². The zero-order valence-corrected chi connectivity index (χ0v) is 17.2. The summed E-state index contributed by atoms with van der Waals surface area (Å²) < 4.78 is 0. The van der Waals surface area contributed by atoms with Crippen molar-refractivity contribution in [1.82, 2.24) is 15.0 Å². The molecule has 2 heterocycles. The number of aryl methyl sites for hydroxylation is 3. The molecule has 0 aliphatic carbocycles. The number of hydrogen-bond donors (Lipinski definition) is 1. The van der Waals surface area contributed by atoms with Crippen LogP contribution in [0.25, 0.3) is 11.0 Å². The summed E-state index contributed by atoms with van der Waals surface area (Å²) in [5.41, 5.74) is 6.69. The standard InChI is InChI=1S/C25H26N4/c1-17(2)22-14-13-21-24(28-22)26-16-27-25(21)29-23-15-20(10-9-18(23)3)12-11-19-7-5-4-6-8-19/h4-10,13-17H,11-12H2,1-3H3,(H,26,27,28,29). The van der Waals surface area contributed by atoms with Crippen molar-refractivity contribution in [3.63, 3.8) is 0 Å². The maximum atomic E-state index is 4.69. The first-order valence-electron chi connectivity index (χ1n) is 10.1. The third kappa shape index (κ3) is 4.43. The molecule has 2 aromatic heterocycles. The fourth-order valence-electron chi connectivity index (χ4n) is 3.40. The predicted octanol–water partition coefficient (Wildman–Crippen LogP) is 5.99. The third-order valence-electron chi connectivity index (χ3n) is 5.21. The molecule has 0 atom stereocenters. The van der Waals surface area contributed by atoms with Gasteiger partial charge in [0.05, 0.1) is 5.39 Å². The van der Waals surface area contributed by atoms with Crippen LogP contribution in [0.15, 0.2) is 67.0 Å². The highest BCUT2D eigenvalue weighted by molar-refractivity contribution is 5.88. The quantitative estimate of drug-likeness (QED) is 0.445. The third-order valence-corrected chi connectivity index (χ3v) is 5.21. The Balaban J connectivity index is 1.59. The minimum Gasteiger partial charge on any atom is -0.339 e. The Morgan fingerprint density at radius 2 is 1.66 bits per heavy atom. The van der Waals surface area contributed by atoms with Crippen LogP contribution in [0.2, 0.25) is 0 Å². The summed E-state index contributed by atoms with van der Waals surface area (Å²) in [5.74, 6) is 1.16. The lowest BCUT2D eigenvalue weighted by atomic mass is 10.0. The Morgan fingerprint density at radius 3 is 2.45 bits per heavy atom. The largest absolute Gasteiger partial charge is 0.339 e. The molecular formula is C25H26N4. The molecule has 29 heavy (non-hydrogen) atoms. The minimum absolute atomic E-state index is 0.370. The Labute approximate surface area is 172 Å². The first-order chi connectivity index (χ1) is 14.1. The number of nitrogens with zero attached hydrogens (tertiary/aromatic N) is 3. The molecule has 146 valence electrons. The maximum Gasteiger partial charge on any atom is 0.164 e. The number of pyridine rings is 1. The molecule has 4 aromatic rings. The Kier molecular flexibility index (Phi) is 5.52. The van der Waals surface area contributed by atoms with E-state index < -0.39 is 0 Å². The van der Waals surface area contributed by atoms with Crippen molar-refractivity contribution in [3.8, 4) is 0 Å². The van der Waals surface area contributed by atoms with Gasteiger partial charge in [-0.25, -0.2) is 15.0 Å². The van der Waals surface area contributed by atoms with Crippen LogP contribution in [0.1, 0.15) is 42.1 Å². The van der Waals surface area contributed by atoms with Gasteiger partial charge in [0.2, 0.25) is 0 Å². The summed E-state index contributed by atoms with van der Waals surface area (Å²) in [6, 6.07) is 21.3. The van der Waals surface area contributed by atoms with Gasteiger partial charge in [-0.2, -0.15) is 0 Å². The molecule has 0 unspecified atom stereocenters. The van der Waals surface area contributed by atoms with E-state index in [0.29, 0.717) is 5.92 Å². The zero-order chi connectivity index (χ0) is 20.2. The van der Waals surface area contributed by atoms with Crippen molar-refractivity contribution < 1.29 is 0 Å². The van der Waals surface area contributed by atoms with E-state index in [9.17, 15) is 0 Å². The van der Waals surface area contributed by atoms with Crippen LogP contribution in [-0.4, -0.2) is 15.0 Å². The topological polar surface area (TPSA) is 50.7 Å². The van der Waals surface area contributed by atoms with Crippen LogP contribution in [0.4, 0.5) is 11.5 Å². The zero-order valence-electron chi connectivity index (χ0n) is 17.2. The summed E-state index contributed by atoms with van der Waals surface area (Å²) in [4.78, 5) is 13.5. The Bertz CT molecular complexity index is 1120. The normalized spacial score (nSPS) is 11.2. The van der Waals surface area contributed by atoms with Gasteiger partial charge in [-0.3, -0.25) is 0 Å². The molecule has 0 bridgehead atoms. The molecule has 0 amide bonds. The fourth-order valence-corrected chi connectivity index (χ4v) is 3.40. The summed E-state index contributed by atoms with van der Waals surface area (Å²) in [6.07, 6.45) is 3.61. The van der Waals surface area contributed by atoms with Crippen molar-refractivity contribution in [2.24, 2.45) is 0 Å². The van der Waals surface area contributed by atoms with E-state index in [1.54, 1.807) is 6.33 Å². The molecule has 0 saturated carbocycles. The van der Waals surface area contributed by atoms with Crippen molar-refractivity contribution in [1.29, 1.82) is 0 Å². The molecule has 4 rings (SSSR count). The van der Waals surface area contributed by atoms with Crippen molar-refractivity contribution in [3.05, 3.63) is 89.4 Å². The van der Waals surface area contributed by atoms with E-state index in [4.69, 9.17) is 0 Å². The highest BCUT2D eigenvalue weighted by atomic mass is 15.0. The smallest absolute Gasteiger partial charge is 0.164 e. The van der Waals surface area contributed by atoms with Gasteiger partial charge in [-0.05, 0) is 60.6 Å². The lowest BCUT2D eigenvalue weighted by molar-refractivity contribution is 0.827. The van der Waals surface area contributed by atoms with E-state index in [0.717, 1.165) is 41.1 Å². The fraction of sp³-hybridized carbons (Fsp3) is 0.240. The molecule has 2 aromatic carbocycles. The van der Waals surface area contributed by atoms with E-state index in [-0.39, 0.29) is 0 Å². The molecule has 0 aliphatic heterocycles. The molecule has 1 N–H and O–H groups in total. The molecular weight excluding hydrogens is 356 g/mol. The molecule has 0 saturated heterocycles. The number of fused-ring (bicyclic) bond motifs is 1. The Hall–Kier alpha value is -3.27. The van der Waals surface area contributed by atoms with Crippen LogP contribution in [-0.2, 0) is 12.8 Å². The molecule has 0 radical (unpaired) electrons. The van der Waals surface area contributed by atoms with Gasteiger partial charge in [0.1, 0.15) is 12.1 Å². The second-order valence-corrected chi connectivity index (χ2v) is 7.74. The lowest BCUT2D eigenvalue weighted by Gasteiger charge is -2.13. The first-order valence-corrected chi connectivity index (χ1v) is 10.1. The van der Waals surface area contributed by atoms with Gasteiger partial charge in [0, 0.05) is 11.4 Å². The monoisotopic (exact) mass is 382 g/mol. The van der Waals surface area contributed by atoms with Gasteiger partial charge in [-0.15, -0.1) is 0 Å². The molecule has 4 nitrogen and oxygen atoms in total. The number of rotatable bonds is 6. The maximum absolute atomic E-state index is 4.69. The molecule has 0 aliphatic rings. The van der Waals surface area contributed by atoms with Gasteiger partial charge in [0.15, 0.2) is 5.65 Å². The van der Waals surface area contributed by atoms with Crippen LogP contribution in [0.5, 0.6) is 0 Å². The Morgan fingerprint density at radius 1 is 0.862 bits per heavy atom. The number of aromatic nitrogens is 3. The predicted molar refractivity (Wildman–Crippen MR) is 120 cm³/mol. The highest BCUT2D eigenvalue weighted by Gasteiger charge is 2.10. The second-order valence-electron chi connectivity index (χ2n) is 7.74. The SMILES string of the molecule is Cc1ccc(CCc2ccccc2)cc1Nc1ncnc2nc(C(C)C)ccc12. The average Bonchev–Trinajstić information content (AvgIpc) is 2.74. The van der Waals surface area contributed by atoms with Crippen molar-refractivity contribution in [2.45, 2.75) is 39.5 Å². The van der Waals surface area contributed by atoms with Crippen LogP contribution in [0.3, 0.4) is 0 Å². The number of nitrogens with one attached hydrogen (secondary N) is 1. The molecule has 4 heteroatoms. The van der Waals surface area contributed by atoms with E-state index in [2.05, 4.69) is 102 Å². The minimum atomic E-state index is 0.370. The highest BCUT2D eigenvalue weighted by Crippen LogP contribution is 2.26. The summed E-state index contributed by atoms with van der Waals surface area (Å²) >= 11 is 0. The molecule has 0 fully saturated rings. The number of hydrogen-bond acceptors (Lipinski definition) is 4. The van der Waals surface area contributed by atoms with E-state index in [1.807, 2.05) is 0 Å². The van der Waals surface area contributed by atoms with Gasteiger partial charge in [0.25, 0.3) is 0 Å². The number of benzene rings is 2. The van der Waals surface area contributed by atoms with Crippen LogP contribution < -0.4 is 5.32 Å². The van der Waals surface area contributed by atoms with E-state index in [1.165, 1.54) is 16.7 Å². The second kappa shape index (κ2) is 8.39. The van der Waals surface area contributed by atoms with E-state index >= 15 is 0 Å². The molecule has 0 spiro atoms. The summed E-state index contributed by atoms with van der Waals surface area (Å²) in [5, 5.41) is 4.45. The summed E-state index contributed by atoms with van der Waals surface area (Å²) in [7, 11) is 0. The van der Waals surface area contributed by atoms with Gasteiger partial charge >= 0.3 is 0 Å². The van der Waals surface area contributed by atoms with Gasteiger partial charge in [-0.1, -0.05) is 56.3 Å². The average molecular weight is 383 g/mol. The lowest BCUT2D eigenvalue weighted by Crippen LogP contribution is -2.01.